The van der Waals surface area contributed by atoms with Crippen molar-refractivity contribution in [3.8, 4) is 0 Å². The molecule has 5 aliphatic carbocycles. The molecule has 1 nitrogen and oxygen atoms in total. The molecule has 0 aliphatic heterocycles. The van der Waals surface area contributed by atoms with Crippen LogP contribution >= 0.6 is 0 Å². The van der Waals surface area contributed by atoms with E-state index in [1.165, 1.54) is 127 Å². The number of benzene rings is 3. The fourth-order valence-electron chi connectivity index (χ4n) is 11.6. The number of unbranched alkanes of at least 4 members (excludes halogenated alkanes) is 6. The molecule has 0 amide bonds. The van der Waals surface area contributed by atoms with Gasteiger partial charge in [-0.3, -0.25) is 0 Å². The summed E-state index contributed by atoms with van der Waals surface area (Å²) in [6.45, 7) is 11.8. The van der Waals surface area contributed by atoms with Crippen LogP contribution < -0.4 is 5.32 Å². The SMILES string of the molecule is CCCCCCC1(CCCCCC)c2cc(NC3=CCC(C4=CC(c5ccc(C(C)(CC)CC)cc5)CC(C5=CC(c6ccccc6)=CCC5)=C4)C=C3)ccc2C2=CC=CCC21. The van der Waals surface area contributed by atoms with Gasteiger partial charge < -0.3 is 5.32 Å². The molecule has 324 valence electrons. The van der Waals surface area contributed by atoms with Crippen molar-refractivity contribution in [2.24, 2.45) is 11.8 Å². The van der Waals surface area contributed by atoms with E-state index in [-0.39, 0.29) is 10.8 Å². The molecule has 0 fully saturated rings. The van der Waals surface area contributed by atoms with Gasteiger partial charge in [-0.15, -0.1) is 0 Å². The highest BCUT2D eigenvalue weighted by atomic mass is 14.9. The second-order valence-corrected chi connectivity index (χ2v) is 19.6. The van der Waals surface area contributed by atoms with E-state index in [2.05, 4.69) is 173 Å². The van der Waals surface area contributed by atoms with Gasteiger partial charge in [-0.25, -0.2) is 0 Å². The van der Waals surface area contributed by atoms with Crippen LogP contribution in [0, 0.1) is 11.8 Å². The van der Waals surface area contributed by atoms with Gasteiger partial charge in [0.25, 0.3) is 0 Å². The number of fused-ring (bicyclic) bond motifs is 3. The van der Waals surface area contributed by atoms with Gasteiger partial charge in [0.2, 0.25) is 0 Å². The molecule has 0 aromatic heterocycles. The monoisotopic (exact) mass is 822 g/mol. The Morgan fingerprint density at radius 1 is 0.742 bits per heavy atom. The van der Waals surface area contributed by atoms with Gasteiger partial charge in [0.05, 0.1) is 0 Å². The van der Waals surface area contributed by atoms with E-state index in [9.17, 15) is 0 Å². The number of hydrogen-bond donors (Lipinski definition) is 1. The molecule has 3 aromatic rings. The first-order valence-electron chi connectivity index (χ1n) is 25.0. The second kappa shape index (κ2) is 20.3. The van der Waals surface area contributed by atoms with Gasteiger partial charge in [0.15, 0.2) is 0 Å². The van der Waals surface area contributed by atoms with Crippen LogP contribution in [0.25, 0.3) is 11.1 Å². The Bertz CT molecular complexity index is 2250. The maximum Gasteiger partial charge on any atom is 0.0387 e. The molecular weight excluding hydrogens is 747 g/mol. The maximum atomic E-state index is 3.94. The minimum absolute atomic E-state index is 0.230. The van der Waals surface area contributed by atoms with E-state index in [1.54, 1.807) is 11.1 Å². The van der Waals surface area contributed by atoms with E-state index < -0.39 is 0 Å². The van der Waals surface area contributed by atoms with Crippen LogP contribution in [0.15, 0.2) is 156 Å². The molecule has 0 radical (unpaired) electrons. The van der Waals surface area contributed by atoms with Crippen LogP contribution in [0.4, 0.5) is 5.69 Å². The summed E-state index contributed by atoms with van der Waals surface area (Å²) < 4.78 is 0. The molecule has 8 rings (SSSR count). The Kier molecular flexibility index (Phi) is 14.4. The van der Waals surface area contributed by atoms with E-state index in [4.69, 9.17) is 0 Å². The molecule has 0 bridgehead atoms. The second-order valence-electron chi connectivity index (χ2n) is 19.6. The highest BCUT2D eigenvalue weighted by molar-refractivity contribution is 5.82. The molecule has 1 heteroatoms. The number of allylic oxidation sites excluding steroid dienone is 15. The molecule has 3 unspecified atom stereocenters. The number of hydrogen-bond acceptors (Lipinski definition) is 1. The maximum absolute atomic E-state index is 3.94. The number of anilines is 1. The summed E-state index contributed by atoms with van der Waals surface area (Å²) in [4.78, 5) is 0. The molecule has 0 saturated heterocycles. The predicted octanol–water partition coefficient (Wildman–Crippen LogP) is 17.6. The van der Waals surface area contributed by atoms with Crippen molar-refractivity contribution in [2.75, 3.05) is 5.32 Å². The summed E-state index contributed by atoms with van der Waals surface area (Å²) in [5.41, 5.74) is 17.8. The van der Waals surface area contributed by atoms with Gasteiger partial charge in [-0.2, -0.15) is 0 Å². The fraction of sp³-hybridized carbons (Fsp3) is 0.443. The first-order chi connectivity index (χ1) is 30.4. The average molecular weight is 822 g/mol. The van der Waals surface area contributed by atoms with Crippen molar-refractivity contribution < 1.29 is 0 Å². The molecule has 0 heterocycles. The van der Waals surface area contributed by atoms with Crippen molar-refractivity contribution in [1.29, 1.82) is 0 Å². The lowest BCUT2D eigenvalue weighted by Crippen LogP contribution is -2.32. The minimum Gasteiger partial charge on any atom is -0.356 e. The lowest BCUT2D eigenvalue weighted by molar-refractivity contribution is 0.273. The van der Waals surface area contributed by atoms with Crippen LogP contribution in [0.2, 0.25) is 0 Å². The average Bonchev–Trinajstić information content (AvgIpc) is 3.60. The molecule has 3 aromatic carbocycles. The van der Waals surface area contributed by atoms with Crippen molar-refractivity contribution in [2.45, 2.75) is 161 Å². The lowest BCUT2D eigenvalue weighted by Gasteiger charge is -2.38. The van der Waals surface area contributed by atoms with Crippen molar-refractivity contribution >= 4 is 16.8 Å². The summed E-state index contributed by atoms with van der Waals surface area (Å²) in [5.74, 6) is 1.33. The topological polar surface area (TPSA) is 12.0 Å². The normalized spacial score (nSPS) is 21.5. The van der Waals surface area contributed by atoms with Gasteiger partial charge in [-0.1, -0.05) is 201 Å². The lowest BCUT2D eigenvalue weighted by atomic mass is 9.65. The zero-order chi connectivity index (χ0) is 42.9. The summed E-state index contributed by atoms with van der Waals surface area (Å²) >= 11 is 0. The Morgan fingerprint density at radius 2 is 1.50 bits per heavy atom. The molecule has 5 aliphatic rings. The quantitative estimate of drug-likeness (QED) is 0.119. The summed E-state index contributed by atoms with van der Waals surface area (Å²) in [6, 6.07) is 28.1. The van der Waals surface area contributed by atoms with E-state index >= 15 is 0 Å². The molecule has 3 atom stereocenters. The standard InChI is InChI=1S/C61H75N/c1-6-10-12-19-38-61(39-20-13-11-7-2)58-27-18-17-26-56(58)57-37-36-55(44-59(57)61)62-54-34-30-47(31-35-54)51-41-50(46-28-32-53(33-29-46)60(5,8-3)9-4)42-52(43-51)49-25-21-24-48(40-49)45-22-15-14-16-23-45/h14-18,22-24,26,28-30,32-37,40-41,43-44,47,50,58,62H,6-13,19-21,25,27,31,38-39,42H2,1-5H3. The summed E-state index contributed by atoms with van der Waals surface area (Å²) in [5, 5.41) is 3.94. The molecule has 0 spiro atoms. The van der Waals surface area contributed by atoms with E-state index in [1.807, 2.05) is 0 Å². The number of nitrogens with one attached hydrogen (secondary N) is 1. The fourth-order valence-corrected chi connectivity index (χ4v) is 11.6. The van der Waals surface area contributed by atoms with Crippen LogP contribution in [-0.4, -0.2) is 0 Å². The third kappa shape index (κ3) is 9.49. The zero-order valence-corrected chi connectivity index (χ0v) is 39.0. The first kappa shape index (κ1) is 44.0. The first-order valence-corrected chi connectivity index (χ1v) is 25.0. The Hall–Kier alpha value is -4.62. The predicted molar refractivity (Wildman–Crippen MR) is 269 cm³/mol. The Labute approximate surface area is 376 Å². The highest BCUT2D eigenvalue weighted by Gasteiger charge is 2.48. The highest BCUT2D eigenvalue weighted by Crippen LogP contribution is 2.58. The van der Waals surface area contributed by atoms with Crippen molar-refractivity contribution in [1.82, 2.24) is 0 Å². The molecule has 62 heavy (non-hydrogen) atoms. The number of rotatable bonds is 19. The van der Waals surface area contributed by atoms with Crippen LogP contribution in [0.1, 0.15) is 178 Å². The van der Waals surface area contributed by atoms with Gasteiger partial charge in [0.1, 0.15) is 0 Å². The van der Waals surface area contributed by atoms with Crippen LogP contribution in [0.5, 0.6) is 0 Å². The van der Waals surface area contributed by atoms with Gasteiger partial charge in [0, 0.05) is 28.6 Å². The largest absolute Gasteiger partial charge is 0.356 e. The van der Waals surface area contributed by atoms with Crippen LogP contribution in [-0.2, 0) is 10.8 Å². The third-order valence-electron chi connectivity index (χ3n) is 15.9. The summed E-state index contributed by atoms with van der Waals surface area (Å²) in [7, 11) is 0. The Morgan fingerprint density at radius 3 is 2.19 bits per heavy atom. The van der Waals surface area contributed by atoms with Gasteiger partial charge in [-0.05, 0) is 143 Å². The van der Waals surface area contributed by atoms with Crippen LogP contribution in [0.3, 0.4) is 0 Å². The van der Waals surface area contributed by atoms with Crippen molar-refractivity contribution in [3.63, 3.8) is 0 Å². The molecule has 0 saturated carbocycles. The van der Waals surface area contributed by atoms with E-state index in [0.29, 0.717) is 17.8 Å². The van der Waals surface area contributed by atoms with E-state index in [0.717, 1.165) is 38.5 Å². The zero-order valence-electron chi connectivity index (χ0n) is 39.0. The molecule has 1 N–H and O–H groups in total. The Balaban J connectivity index is 1.05. The smallest absolute Gasteiger partial charge is 0.0387 e. The van der Waals surface area contributed by atoms with Crippen molar-refractivity contribution in [3.05, 3.63) is 184 Å². The third-order valence-corrected chi connectivity index (χ3v) is 15.9. The van der Waals surface area contributed by atoms with Gasteiger partial charge >= 0.3 is 0 Å². The summed E-state index contributed by atoms with van der Waals surface area (Å²) in [6.07, 6.45) is 45.6. The minimum atomic E-state index is 0.230. The molecular formula is C61H75N.